The summed E-state index contributed by atoms with van der Waals surface area (Å²) in [5.41, 5.74) is -0.718. The molecule has 3 aromatic heterocycles. The van der Waals surface area contributed by atoms with Crippen LogP contribution in [0.4, 0.5) is 13.2 Å². The number of alkyl halides is 3. The lowest BCUT2D eigenvalue weighted by molar-refractivity contribution is -0.136. The topological polar surface area (TPSA) is 80.9 Å². The molecule has 25 heavy (non-hydrogen) atoms. The minimum Gasteiger partial charge on any atom is -0.305 e. The van der Waals surface area contributed by atoms with Gasteiger partial charge in [0, 0.05) is 18.6 Å². The zero-order valence-corrected chi connectivity index (χ0v) is 13.1. The van der Waals surface area contributed by atoms with Crippen LogP contribution in [0.25, 0.3) is 27.9 Å². The van der Waals surface area contributed by atoms with Crippen molar-refractivity contribution in [1.29, 1.82) is 0 Å². The molecule has 0 radical (unpaired) electrons. The van der Waals surface area contributed by atoms with Gasteiger partial charge in [-0.3, -0.25) is 4.68 Å². The molecule has 0 bridgehead atoms. The predicted octanol–water partition coefficient (Wildman–Crippen LogP) is 2.30. The summed E-state index contributed by atoms with van der Waals surface area (Å²) in [5.74, 6) is 0.223. The fraction of sp³-hybridized carbons (Fsp3) is 0.200. The highest BCUT2D eigenvalue weighted by molar-refractivity contribution is 5.93. The largest absolute Gasteiger partial charge is 0.418 e. The molecule has 0 atom stereocenters. The second-order valence-electron chi connectivity index (χ2n) is 5.63. The average molecular weight is 348 g/mol. The molecule has 0 saturated heterocycles. The van der Waals surface area contributed by atoms with Crippen molar-refractivity contribution >= 4 is 16.6 Å². The molecular formula is C15H11F3N6O. The zero-order chi connectivity index (χ0) is 17.9. The summed E-state index contributed by atoms with van der Waals surface area (Å²) in [6.45, 7) is 1.76. The van der Waals surface area contributed by atoms with Crippen molar-refractivity contribution in [3.63, 3.8) is 0 Å². The fourth-order valence-corrected chi connectivity index (χ4v) is 2.83. The quantitative estimate of drug-likeness (QED) is 0.572. The van der Waals surface area contributed by atoms with E-state index in [0.717, 1.165) is 10.6 Å². The van der Waals surface area contributed by atoms with Gasteiger partial charge in [-0.2, -0.15) is 22.8 Å². The van der Waals surface area contributed by atoms with Crippen LogP contribution < -0.4 is 5.69 Å². The Morgan fingerprint density at radius 3 is 2.60 bits per heavy atom. The number of fused-ring (bicyclic) bond motifs is 3. The van der Waals surface area contributed by atoms with Gasteiger partial charge in [-0.25, -0.2) is 9.78 Å². The average Bonchev–Trinajstić information content (AvgIpc) is 3.09. The Morgan fingerprint density at radius 1 is 1.20 bits per heavy atom. The number of hydrogen-bond acceptors (Lipinski definition) is 4. The molecule has 0 aliphatic rings. The van der Waals surface area contributed by atoms with E-state index >= 15 is 0 Å². The standard InChI is InChI=1S/C15H11F3N6O/c1-7-9(6-23(2)21-7)12-20-13-8-4-3-5-10(15(16,17)18)11(8)19-14(25)24(13)22-12/h3-6H,1-2H3,(H,19,25). The molecule has 1 N–H and O–H groups in total. The second-order valence-corrected chi connectivity index (χ2v) is 5.63. The Labute approximate surface area is 137 Å². The van der Waals surface area contributed by atoms with Gasteiger partial charge in [0.25, 0.3) is 0 Å². The third-order valence-corrected chi connectivity index (χ3v) is 3.90. The summed E-state index contributed by atoms with van der Waals surface area (Å²) in [6.07, 6.45) is -2.91. The van der Waals surface area contributed by atoms with E-state index in [0.29, 0.717) is 11.3 Å². The van der Waals surface area contributed by atoms with Gasteiger partial charge in [0.05, 0.1) is 22.3 Å². The molecule has 3 heterocycles. The van der Waals surface area contributed by atoms with Gasteiger partial charge in [0.2, 0.25) is 0 Å². The first-order valence-electron chi connectivity index (χ1n) is 7.25. The van der Waals surface area contributed by atoms with Crippen LogP contribution in [0.2, 0.25) is 0 Å². The number of para-hydroxylation sites is 1. The van der Waals surface area contributed by atoms with Crippen LogP contribution in [-0.2, 0) is 13.2 Å². The Kier molecular flexibility index (Phi) is 3.02. The number of aromatic amines is 1. The molecule has 0 saturated carbocycles. The maximum Gasteiger partial charge on any atom is 0.418 e. The Bertz CT molecular complexity index is 1180. The summed E-state index contributed by atoms with van der Waals surface area (Å²) in [5, 5.41) is 8.47. The summed E-state index contributed by atoms with van der Waals surface area (Å²) in [7, 11) is 1.73. The molecule has 0 aliphatic carbocycles. The van der Waals surface area contributed by atoms with Gasteiger partial charge < -0.3 is 4.98 Å². The highest BCUT2D eigenvalue weighted by Gasteiger charge is 2.33. The fourth-order valence-electron chi connectivity index (χ4n) is 2.83. The van der Waals surface area contributed by atoms with E-state index in [-0.39, 0.29) is 22.4 Å². The van der Waals surface area contributed by atoms with E-state index in [9.17, 15) is 18.0 Å². The van der Waals surface area contributed by atoms with Crippen molar-refractivity contribution in [2.45, 2.75) is 13.1 Å². The lowest BCUT2D eigenvalue weighted by Crippen LogP contribution is -2.19. The van der Waals surface area contributed by atoms with E-state index in [1.807, 2.05) is 0 Å². The van der Waals surface area contributed by atoms with E-state index < -0.39 is 17.4 Å². The van der Waals surface area contributed by atoms with Gasteiger partial charge in [-0.15, -0.1) is 5.10 Å². The lowest BCUT2D eigenvalue weighted by Gasteiger charge is -2.09. The van der Waals surface area contributed by atoms with Crippen molar-refractivity contribution in [2.75, 3.05) is 0 Å². The molecule has 0 aliphatic heterocycles. The number of nitrogens with one attached hydrogen (secondary N) is 1. The van der Waals surface area contributed by atoms with E-state index in [4.69, 9.17) is 0 Å². The molecule has 4 rings (SSSR count). The highest BCUT2D eigenvalue weighted by Crippen LogP contribution is 2.34. The number of H-pyrrole nitrogens is 1. The monoisotopic (exact) mass is 348 g/mol. The smallest absolute Gasteiger partial charge is 0.305 e. The van der Waals surface area contributed by atoms with E-state index in [1.165, 1.54) is 12.1 Å². The zero-order valence-electron chi connectivity index (χ0n) is 13.1. The van der Waals surface area contributed by atoms with Gasteiger partial charge >= 0.3 is 11.9 Å². The van der Waals surface area contributed by atoms with Gasteiger partial charge in [0.15, 0.2) is 11.5 Å². The van der Waals surface area contributed by atoms with Crippen LogP contribution >= 0.6 is 0 Å². The molecular weight excluding hydrogens is 337 g/mol. The summed E-state index contributed by atoms with van der Waals surface area (Å²) in [6, 6.07) is 3.65. The first-order valence-corrected chi connectivity index (χ1v) is 7.25. The number of aryl methyl sites for hydroxylation is 2. The van der Waals surface area contributed by atoms with Crippen molar-refractivity contribution in [3.05, 3.63) is 46.1 Å². The minimum absolute atomic E-state index is 0.0584. The third kappa shape index (κ3) is 2.29. The van der Waals surface area contributed by atoms with Crippen molar-refractivity contribution in [2.24, 2.45) is 7.05 Å². The number of aromatic nitrogens is 6. The van der Waals surface area contributed by atoms with Crippen LogP contribution in [0, 0.1) is 6.92 Å². The Hall–Kier alpha value is -3.17. The SMILES string of the molecule is Cc1nn(C)cc1-c1nc2c3cccc(C(F)(F)F)c3[nH]c(=O)n2n1. The summed E-state index contributed by atoms with van der Waals surface area (Å²) in [4.78, 5) is 18.8. The lowest BCUT2D eigenvalue weighted by atomic mass is 10.1. The molecule has 4 aromatic rings. The number of hydrogen-bond donors (Lipinski definition) is 1. The Balaban J connectivity index is 2.09. The number of rotatable bonds is 1. The van der Waals surface area contributed by atoms with E-state index in [1.54, 1.807) is 24.9 Å². The molecule has 7 nitrogen and oxygen atoms in total. The molecule has 0 unspecified atom stereocenters. The van der Waals surface area contributed by atoms with Crippen LogP contribution in [0.15, 0.2) is 29.2 Å². The first kappa shape index (κ1) is 15.4. The van der Waals surface area contributed by atoms with Crippen LogP contribution in [0.5, 0.6) is 0 Å². The molecule has 0 spiro atoms. The number of nitrogens with zero attached hydrogens (tertiary/aromatic N) is 5. The number of benzene rings is 1. The van der Waals surface area contributed by atoms with Crippen LogP contribution in [0.1, 0.15) is 11.3 Å². The van der Waals surface area contributed by atoms with E-state index in [2.05, 4.69) is 20.2 Å². The summed E-state index contributed by atoms with van der Waals surface area (Å²) < 4.78 is 42.1. The minimum atomic E-state index is -4.59. The highest BCUT2D eigenvalue weighted by atomic mass is 19.4. The summed E-state index contributed by atoms with van der Waals surface area (Å²) >= 11 is 0. The van der Waals surface area contributed by atoms with Gasteiger partial charge in [-0.1, -0.05) is 6.07 Å². The molecule has 128 valence electrons. The maximum absolute atomic E-state index is 13.2. The normalized spacial score (nSPS) is 12.4. The predicted molar refractivity (Wildman–Crippen MR) is 83.1 cm³/mol. The van der Waals surface area contributed by atoms with Crippen molar-refractivity contribution in [1.82, 2.24) is 29.4 Å². The Morgan fingerprint density at radius 2 is 1.96 bits per heavy atom. The molecule has 10 heteroatoms. The second kappa shape index (κ2) is 4.91. The van der Waals surface area contributed by atoms with Crippen LogP contribution in [0.3, 0.4) is 0 Å². The number of halogens is 3. The maximum atomic E-state index is 13.2. The molecule has 0 fully saturated rings. The van der Waals surface area contributed by atoms with Gasteiger partial charge in [0.1, 0.15) is 0 Å². The van der Waals surface area contributed by atoms with Crippen molar-refractivity contribution < 1.29 is 13.2 Å². The molecule has 0 amide bonds. The third-order valence-electron chi connectivity index (χ3n) is 3.90. The first-order chi connectivity index (χ1) is 11.8. The molecule has 1 aromatic carbocycles. The van der Waals surface area contributed by atoms with Crippen LogP contribution in [-0.4, -0.2) is 29.4 Å². The van der Waals surface area contributed by atoms with Crippen molar-refractivity contribution in [3.8, 4) is 11.4 Å². The van der Waals surface area contributed by atoms with Gasteiger partial charge in [-0.05, 0) is 19.1 Å².